The lowest BCUT2D eigenvalue weighted by Gasteiger charge is -2.34. The summed E-state index contributed by atoms with van der Waals surface area (Å²) in [7, 11) is -0.800. The number of ether oxygens (including phenoxy) is 2. The Hall–Kier alpha value is -2.53. The Kier molecular flexibility index (Phi) is 8.93. The molecule has 2 N–H and O–H groups in total. The quantitative estimate of drug-likeness (QED) is 0.573. The van der Waals surface area contributed by atoms with Crippen LogP contribution in [0.15, 0.2) is 23.1 Å². The first-order valence-corrected chi connectivity index (χ1v) is 11.7. The number of hydrogen-bond acceptors (Lipinski definition) is 6. The van der Waals surface area contributed by atoms with Gasteiger partial charge >= 0.3 is 6.03 Å². The van der Waals surface area contributed by atoms with Crippen LogP contribution in [-0.2, 0) is 14.8 Å². The van der Waals surface area contributed by atoms with Gasteiger partial charge in [-0.15, -0.1) is 0 Å². The van der Waals surface area contributed by atoms with Crippen LogP contribution >= 0.6 is 0 Å². The first-order valence-electron chi connectivity index (χ1n) is 10.3. The van der Waals surface area contributed by atoms with Crippen molar-refractivity contribution in [2.24, 2.45) is 0 Å². The molecule has 1 heterocycles. The molecule has 1 atom stereocenters. The number of piperazine rings is 1. The maximum absolute atomic E-state index is 13.0. The van der Waals surface area contributed by atoms with Crippen LogP contribution in [0.3, 0.4) is 0 Å². The molecule has 0 saturated carbocycles. The van der Waals surface area contributed by atoms with E-state index in [2.05, 4.69) is 10.6 Å². The van der Waals surface area contributed by atoms with Gasteiger partial charge in [0.05, 0.1) is 19.1 Å². The fraction of sp³-hybridized carbons (Fsp3) is 0.600. The summed E-state index contributed by atoms with van der Waals surface area (Å²) in [5.41, 5.74) is 0. The number of rotatable bonds is 9. The molecular formula is C20H32N4O6S. The van der Waals surface area contributed by atoms with E-state index in [1.54, 1.807) is 11.0 Å². The summed E-state index contributed by atoms with van der Waals surface area (Å²) in [6.07, 6.45) is 1.04. The molecule has 3 amide bonds. The lowest BCUT2D eigenvalue weighted by atomic mass is 10.2. The van der Waals surface area contributed by atoms with E-state index in [0.717, 1.165) is 6.42 Å². The summed E-state index contributed by atoms with van der Waals surface area (Å²) in [5.74, 6) is 0.667. The van der Waals surface area contributed by atoms with Gasteiger partial charge in [-0.3, -0.25) is 4.79 Å². The van der Waals surface area contributed by atoms with Crippen LogP contribution in [0.4, 0.5) is 4.79 Å². The number of benzene rings is 1. The van der Waals surface area contributed by atoms with Crippen molar-refractivity contribution in [3.8, 4) is 11.5 Å². The van der Waals surface area contributed by atoms with Gasteiger partial charge in [0, 0.05) is 51.3 Å². The van der Waals surface area contributed by atoms with Gasteiger partial charge in [0.15, 0.2) is 11.5 Å². The lowest BCUT2D eigenvalue weighted by Crippen LogP contribution is -2.53. The van der Waals surface area contributed by atoms with E-state index in [4.69, 9.17) is 9.47 Å². The van der Waals surface area contributed by atoms with Crippen molar-refractivity contribution in [1.29, 1.82) is 0 Å². The highest BCUT2D eigenvalue weighted by molar-refractivity contribution is 7.89. The van der Waals surface area contributed by atoms with Crippen LogP contribution in [0.25, 0.3) is 0 Å². The summed E-state index contributed by atoms with van der Waals surface area (Å²) in [6, 6.07) is 4.24. The fourth-order valence-electron chi connectivity index (χ4n) is 3.10. The number of nitrogens with zero attached hydrogens (tertiary/aromatic N) is 2. The number of hydrogen-bond donors (Lipinski definition) is 2. The van der Waals surface area contributed by atoms with Crippen molar-refractivity contribution in [2.75, 3.05) is 46.9 Å². The molecule has 1 fully saturated rings. The number of nitrogens with one attached hydrogen (secondary N) is 2. The molecule has 1 unspecified atom stereocenters. The van der Waals surface area contributed by atoms with E-state index in [9.17, 15) is 18.0 Å². The van der Waals surface area contributed by atoms with E-state index in [1.807, 2.05) is 13.8 Å². The maximum atomic E-state index is 13.0. The molecule has 31 heavy (non-hydrogen) atoms. The molecule has 1 saturated heterocycles. The minimum Gasteiger partial charge on any atom is -0.493 e. The zero-order valence-electron chi connectivity index (χ0n) is 18.5. The SMILES string of the molecule is CCC(C)NC(=O)CCNC(=O)N1CCN(S(=O)(=O)c2ccc(OC)c(OC)c2)CC1. The molecule has 10 nitrogen and oxygen atoms in total. The second kappa shape index (κ2) is 11.2. The van der Waals surface area contributed by atoms with Crippen LogP contribution in [0, 0.1) is 0 Å². The largest absolute Gasteiger partial charge is 0.493 e. The number of sulfonamides is 1. The average Bonchev–Trinajstić information content (AvgIpc) is 2.78. The van der Waals surface area contributed by atoms with Gasteiger partial charge < -0.3 is 25.0 Å². The van der Waals surface area contributed by atoms with Gasteiger partial charge in [-0.25, -0.2) is 13.2 Å². The Labute approximate surface area is 183 Å². The van der Waals surface area contributed by atoms with Crippen molar-refractivity contribution in [3.63, 3.8) is 0 Å². The Morgan fingerprint density at radius 2 is 1.74 bits per heavy atom. The number of methoxy groups -OCH3 is 2. The fourth-order valence-corrected chi connectivity index (χ4v) is 4.54. The summed E-state index contributed by atoms with van der Waals surface area (Å²) >= 11 is 0. The van der Waals surface area contributed by atoms with Gasteiger partial charge in [-0.2, -0.15) is 4.31 Å². The zero-order valence-corrected chi connectivity index (χ0v) is 19.3. The molecule has 1 aliphatic rings. The summed E-state index contributed by atoms with van der Waals surface area (Å²) in [5, 5.41) is 5.56. The predicted octanol–water partition coefficient (Wildman–Crippen LogP) is 1.02. The second-order valence-electron chi connectivity index (χ2n) is 7.27. The average molecular weight is 457 g/mol. The molecule has 1 aliphatic heterocycles. The molecule has 0 radical (unpaired) electrons. The zero-order chi connectivity index (χ0) is 23.0. The first kappa shape index (κ1) is 24.7. The van der Waals surface area contributed by atoms with Crippen LogP contribution in [0.2, 0.25) is 0 Å². The Morgan fingerprint density at radius 1 is 1.10 bits per heavy atom. The van der Waals surface area contributed by atoms with Gasteiger partial charge in [-0.1, -0.05) is 6.92 Å². The van der Waals surface area contributed by atoms with Gasteiger partial charge in [-0.05, 0) is 25.5 Å². The molecule has 0 aliphatic carbocycles. The molecule has 1 aromatic rings. The highest BCUT2D eigenvalue weighted by Crippen LogP contribution is 2.30. The lowest BCUT2D eigenvalue weighted by molar-refractivity contribution is -0.121. The standard InChI is InChI=1S/C20H32N4O6S/c1-5-15(2)22-19(25)8-9-21-20(26)23-10-12-24(13-11-23)31(27,28)16-6-7-17(29-3)18(14-16)30-4/h6-7,14-15H,5,8-13H2,1-4H3,(H,21,26)(H,22,25). The van der Waals surface area contributed by atoms with Gasteiger partial charge in [0.2, 0.25) is 15.9 Å². The van der Waals surface area contributed by atoms with Crippen molar-refractivity contribution >= 4 is 22.0 Å². The number of carbonyl (C=O) groups is 2. The van der Waals surface area contributed by atoms with Gasteiger partial charge in [0.25, 0.3) is 0 Å². The van der Waals surface area contributed by atoms with Crippen molar-refractivity contribution in [2.45, 2.75) is 37.6 Å². The topological polar surface area (TPSA) is 117 Å². The Morgan fingerprint density at radius 3 is 2.32 bits per heavy atom. The number of amides is 3. The van der Waals surface area contributed by atoms with Gasteiger partial charge in [0.1, 0.15) is 0 Å². The molecule has 0 spiro atoms. The minimum absolute atomic E-state index is 0.101. The van der Waals surface area contributed by atoms with Crippen molar-refractivity contribution in [1.82, 2.24) is 19.8 Å². The third-order valence-electron chi connectivity index (χ3n) is 5.17. The van der Waals surface area contributed by atoms with Crippen LogP contribution in [0.5, 0.6) is 11.5 Å². The monoisotopic (exact) mass is 456 g/mol. The third kappa shape index (κ3) is 6.47. The highest BCUT2D eigenvalue weighted by Gasteiger charge is 2.30. The summed E-state index contributed by atoms with van der Waals surface area (Å²) in [4.78, 5) is 25.8. The molecule has 2 rings (SSSR count). The van der Waals surface area contributed by atoms with E-state index in [-0.39, 0.29) is 62.0 Å². The minimum atomic E-state index is -3.72. The summed E-state index contributed by atoms with van der Waals surface area (Å²) in [6.45, 7) is 5.01. The Balaban J connectivity index is 1.87. The van der Waals surface area contributed by atoms with Crippen LogP contribution in [0.1, 0.15) is 26.7 Å². The molecular weight excluding hydrogens is 424 g/mol. The highest BCUT2D eigenvalue weighted by atomic mass is 32.2. The molecule has 0 aromatic heterocycles. The molecule has 0 bridgehead atoms. The number of carbonyl (C=O) groups excluding carboxylic acids is 2. The van der Waals surface area contributed by atoms with Crippen LogP contribution < -0.4 is 20.1 Å². The maximum Gasteiger partial charge on any atom is 0.317 e. The van der Waals surface area contributed by atoms with Crippen molar-refractivity contribution < 1.29 is 27.5 Å². The normalized spacial score (nSPS) is 15.8. The van der Waals surface area contributed by atoms with E-state index in [1.165, 1.54) is 30.7 Å². The molecule has 11 heteroatoms. The van der Waals surface area contributed by atoms with Crippen molar-refractivity contribution in [3.05, 3.63) is 18.2 Å². The third-order valence-corrected chi connectivity index (χ3v) is 7.06. The smallest absolute Gasteiger partial charge is 0.317 e. The van der Waals surface area contributed by atoms with E-state index >= 15 is 0 Å². The molecule has 1 aromatic carbocycles. The summed E-state index contributed by atoms with van der Waals surface area (Å²) < 4.78 is 37.6. The second-order valence-corrected chi connectivity index (χ2v) is 9.20. The first-order chi connectivity index (χ1) is 14.7. The van der Waals surface area contributed by atoms with Crippen LogP contribution in [-0.4, -0.2) is 82.5 Å². The predicted molar refractivity (Wildman–Crippen MR) is 116 cm³/mol. The Bertz CT molecular complexity index is 868. The van der Waals surface area contributed by atoms with E-state index in [0.29, 0.717) is 11.5 Å². The van der Waals surface area contributed by atoms with E-state index < -0.39 is 10.0 Å². The molecule has 174 valence electrons. The number of urea groups is 1.